The molecule has 3 rings (SSSR count). The minimum atomic E-state index is -3.59. The van der Waals surface area contributed by atoms with Gasteiger partial charge in [-0.05, 0) is 34.7 Å². The van der Waals surface area contributed by atoms with Gasteiger partial charge in [-0.2, -0.15) is 4.68 Å². The molecule has 0 spiro atoms. The van der Waals surface area contributed by atoms with Crippen molar-refractivity contribution in [3.8, 4) is 5.69 Å². The third kappa shape index (κ3) is 3.02. The first-order chi connectivity index (χ1) is 10.7. The maximum atomic E-state index is 12.2. The Balaban J connectivity index is 1.80. The van der Waals surface area contributed by atoms with E-state index < -0.39 is 10.0 Å². The average molecular weight is 315 g/mol. The van der Waals surface area contributed by atoms with Crippen molar-refractivity contribution < 1.29 is 8.42 Å². The summed E-state index contributed by atoms with van der Waals surface area (Å²) in [6.07, 6.45) is 0. The van der Waals surface area contributed by atoms with Gasteiger partial charge in [0.1, 0.15) is 0 Å². The molecule has 0 atom stereocenters. The van der Waals surface area contributed by atoms with Gasteiger partial charge in [0.2, 0.25) is 10.0 Å². The van der Waals surface area contributed by atoms with Crippen molar-refractivity contribution in [1.82, 2.24) is 24.9 Å². The van der Waals surface area contributed by atoms with Gasteiger partial charge in [-0.1, -0.05) is 36.4 Å². The predicted octanol–water partition coefficient (Wildman–Crippen LogP) is 1.14. The first-order valence-electron chi connectivity index (χ1n) is 6.54. The Morgan fingerprint density at radius 1 is 0.955 bits per heavy atom. The Labute approximate surface area is 127 Å². The fourth-order valence-electron chi connectivity index (χ4n) is 1.93. The van der Waals surface area contributed by atoms with Crippen LogP contribution in [0.2, 0.25) is 0 Å². The van der Waals surface area contributed by atoms with Crippen molar-refractivity contribution in [3.63, 3.8) is 0 Å². The summed E-state index contributed by atoms with van der Waals surface area (Å²) in [6, 6.07) is 17.4. The summed E-state index contributed by atoms with van der Waals surface area (Å²) in [5, 5.41) is 11.3. The van der Waals surface area contributed by atoms with Crippen LogP contribution in [0.3, 0.4) is 0 Å². The van der Waals surface area contributed by atoms with Crippen LogP contribution in [0.15, 0.2) is 65.6 Å². The summed E-state index contributed by atoms with van der Waals surface area (Å²) in [5.74, 6) is 0.408. The minimum Gasteiger partial charge on any atom is -0.207 e. The topological polar surface area (TPSA) is 89.8 Å². The van der Waals surface area contributed by atoms with E-state index in [9.17, 15) is 8.42 Å². The lowest BCUT2D eigenvalue weighted by molar-refractivity contribution is 0.578. The molecule has 7 nitrogen and oxygen atoms in total. The Morgan fingerprint density at radius 2 is 1.59 bits per heavy atom. The number of hydrogen-bond donors (Lipinski definition) is 1. The highest BCUT2D eigenvalue weighted by Crippen LogP contribution is 2.10. The van der Waals surface area contributed by atoms with E-state index in [0.717, 1.165) is 5.69 Å². The minimum absolute atomic E-state index is 0.000871. The summed E-state index contributed by atoms with van der Waals surface area (Å²) in [5.41, 5.74) is 0.765. The van der Waals surface area contributed by atoms with Gasteiger partial charge in [0.25, 0.3) is 0 Å². The van der Waals surface area contributed by atoms with Crippen molar-refractivity contribution in [2.24, 2.45) is 0 Å². The van der Waals surface area contributed by atoms with E-state index in [0.29, 0.717) is 5.82 Å². The lowest BCUT2D eigenvalue weighted by Gasteiger charge is -2.07. The first-order valence-corrected chi connectivity index (χ1v) is 8.02. The van der Waals surface area contributed by atoms with Crippen LogP contribution in [0.4, 0.5) is 0 Å². The SMILES string of the molecule is O=S(=O)(NCc1nnnn1-c1ccccc1)c1ccccc1. The number of benzene rings is 2. The van der Waals surface area contributed by atoms with Crippen LogP contribution >= 0.6 is 0 Å². The molecule has 0 radical (unpaired) electrons. The van der Waals surface area contributed by atoms with Crippen molar-refractivity contribution in [1.29, 1.82) is 0 Å². The number of rotatable bonds is 5. The van der Waals surface area contributed by atoms with Gasteiger partial charge in [0.05, 0.1) is 17.1 Å². The molecule has 1 aromatic heterocycles. The van der Waals surface area contributed by atoms with Gasteiger partial charge in [0, 0.05) is 0 Å². The maximum absolute atomic E-state index is 12.2. The zero-order valence-corrected chi connectivity index (χ0v) is 12.3. The van der Waals surface area contributed by atoms with Gasteiger partial charge in [-0.15, -0.1) is 5.10 Å². The summed E-state index contributed by atoms with van der Waals surface area (Å²) >= 11 is 0. The fraction of sp³-hybridized carbons (Fsp3) is 0.0714. The van der Waals surface area contributed by atoms with Crippen molar-refractivity contribution in [2.45, 2.75) is 11.4 Å². The second-order valence-corrected chi connectivity index (χ2v) is 6.25. The molecule has 0 fully saturated rings. The van der Waals surface area contributed by atoms with Gasteiger partial charge in [-0.3, -0.25) is 0 Å². The number of hydrogen-bond acceptors (Lipinski definition) is 5. The molecule has 0 unspecified atom stereocenters. The molecule has 3 aromatic rings. The highest BCUT2D eigenvalue weighted by Gasteiger charge is 2.15. The Hall–Kier alpha value is -2.58. The van der Waals surface area contributed by atoms with Gasteiger partial charge in [-0.25, -0.2) is 13.1 Å². The number of nitrogens with one attached hydrogen (secondary N) is 1. The maximum Gasteiger partial charge on any atom is 0.240 e. The Morgan fingerprint density at radius 3 is 2.27 bits per heavy atom. The fourth-order valence-corrected chi connectivity index (χ4v) is 2.93. The molecular weight excluding hydrogens is 302 g/mol. The van der Waals surface area contributed by atoms with Crippen molar-refractivity contribution >= 4 is 10.0 Å². The Kier molecular flexibility index (Phi) is 3.94. The van der Waals surface area contributed by atoms with Gasteiger partial charge < -0.3 is 0 Å². The largest absolute Gasteiger partial charge is 0.240 e. The smallest absolute Gasteiger partial charge is 0.207 e. The zero-order valence-electron chi connectivity index (χ0n) is 11.5. The summed E-state index contributed by atoms with van der Waals surface area (Å²) in [7, 11) is -3.59. The van der Waals surface area contributed by atoms with Crippen LogP contribution in [0.25, 0.3) is 5.69 Å². The molecule has 22 heavy (non-hydrogen) atoms. The van der Waals surface area contributed by atoms with E-state index in [2.05, 4.69) is 20.2 Å². The molecule has 1 N–H and O–H groups in total. The third-order valence-electron chi connectivity index (χ3n) is 3.01. The highest BCUT2D eigenvalue weighted by atomic mass is 32.2. The molecule has 0 saturated heterocycles. The first kappa shape index (κ1) is 14.4. The quantitative estimate of drug-likeness (QED) is 0.762. The van der Waals surface area contributed by atoms with Crippen molar-refractivity contribution in [3.05, 3.63) is 66.5 Å². The second-order valence-electron chi connectivity index (χ2n) is 4.48. The van der Waals surface area contributed by atoms with Crippen LogP contribution < -0.4 is 4.72 Å². The molecule has 8 heteroatoms. The number of para-hydroxylation sites is 1. The Bertz CT molecular complexity index is 847. The molecule has 2 aromatic carbocycles. The monoisotopic (exact) mass is 315 g/mol. The second kappa shape index (κ2) is 6.04. The highest BCUT2D eigenvalue weighted by molar-refractivity contribution is 7.89. The van der Waals surface area contributed by atoms with Gasteiger partial charge >= 0.3 is 0 Å². The zero-order chi connectivity index (χ0) is 15.4. The molecule has 112 valence electrons. The van der Waals surface area contributed by atoms with Crippen LogP contribution in [0.1, 0.15) is 5.82 Å². The molecule has 0 saturated carbocycles. The number of aromatic nitrogens is 4. The number of nitrogens with zero attached hydrogens (tertiary/aromatic N) is 4. The van der Waals surface area contributed by atoms with Crippen LogP contribution in [-0.2, 0) is 16.6 Å². The molecule has 0 amide bonds. The van der Waals surface area contributed by atoms with Crippen LogP contribution in [0, 0.1) is 0 Å². The van der Waals surface area contributed by atoms with E-state index in [1.54, 1.807) is 18.2 Å². The lowest BCUT2D eigenvalue weighted by atomic mass is 10.3. The standard InChI is InChI=1S/C14H13N5O2S/c20-22(21,13-9-5-2-6-10-13)15-11-14-16-17-18-19(14)12-7-3-1-4-8-12/h1-10,15H,11H2. The van der Waals surface area contributed by atoms with E-state index in [4.69, 9.17) is 0 Å². The number of tetrazole rings is 1. The molecule has 0 aliphatic carbocycles. The molecular formula is C14H13N5O2S. The van der Waals surface area contributed by atoms with E-state index >= 15 is 0 Å². The lowest BCUT2D eigenvalue weighted by Crippen LogP contribution is -2.25. The van der Waals surface area contributed by atoms with Gasteiger partial charge in [0.15, 0.2) is 5.82 Å². The molecule has 0 bridgehead atoms. The third-order valence-corrected chi connectivity index (χ3v) is 4.43. The summed E-state index contributed by atoms with van der Waals surface area (Å²) in [6.45, 7) is -0.000871. The van der Waals surface area contributed by atoms with Crippen LogP contribution in [0.5, 0.6) is 0 Å². The van der Waals surface area contributed by atoms with E-state index in [1.807, 2.05) is 30.3 Å². The summed E-state index contributed by atoms with van der Waals surface area (Å²) in [4.78, 5) is 0.203. The van der Waals surface area contributed by atoms with E-state index in [-0.39, 0.29) is 11.4 Å². The average Bonchev–Trinajstić information content (AvgIpc) is 3.03. The molecule has 0 aliphatic rings. The summed E-state index contributed by atoms with van der Waals surface area (Å²) < 4.78 is 28.4. The number of sulfonamides is 1. The molecule has 0 aliphatic heterocycles. The predicted molar refractivity (Wildman–Crippen MR) is 79.6 cm³/mol. The normalized spacial score (nSPS) is 11.5. The van der Waals surface area contributed by atoms with Crippen molar-refractivity contribution in [2.75, 3.05) is 0 Å². The molecule has 1 heterocycles. The van der Waals surface area contributed by atoms with E-state index in [1.165, 1.54) is 16.8 Å². The van der Waals surface area contributed by atoms with Crippen LogP contribution in [-0.4, -0.2) is 28.6 Å².